The lowest BCUT2D eigenvalue weighted by Crippen LogP contribution is -2.63. The van der Waals surface area contributed by atoms with Gasteiger partial charge < -0.3 is 20.9 Å². The number of amides is 4. The van der Waals surface area contributed by atoms with Crippen LogP contribution < -0.4 is 21.3 Å². The van der Waals surface area contributed by atoms with Crippen molar-refractivity contribution >= 4 is 17.8 Å². The maximum atomic E-state index is 13.7. The highest BCUT2D eigenvalue weighted by atomic mass is 16.2. The minimum Gasteiger partial charge on any atom is -0.358 e. The SMILES string of the molecule is O=C1NC(=O)C2(CCN(CC3=C4C=CC=CN4C(C(=O)NC45CC6CC(CC(C6)C4)C5)N3)CC2)N1. The van der Waals surface area contributed by atoms with Crippen LogP contribution in [0, 0.1) is 17.8 Å². The summed E-state index contributed by atoms with van der Waals surface area (Å²) in [4.78, 5) is 41.9. The summed E-state index contributed by atoms with van der Waals surface area (Å²) in [5.41, 5.74) is 1.28. The molecule has 0 radical (unpaired) electrons. The topological polar surface area (TPSA) is 106 Å². The lowest BCUT2D eigenvalue weighted by molar-refractivity contribution is -0.131. The number of nitrogens with one attached hydrogen (secondary N) is 4. The Labute approximate surface area is 205 Å². The molecule has 35 heavy (non-hydrogen) atoms. The van der Waals surface area contributed by atoms with Crippen molar-refractivity contribution < 1.29 is 14.4 Å². The number of nitrogens with zero attached hydrogens (tertiary/aromatic N) is 2. The Kier molecular flexibility index (Phi) is 4.66. The number of likely N-dealkylation sites (tertiary alicyclic amines) is 1. The lowest BCUT2D eigenvalue weighted by atomic mass is 9.53. The van der Waals surface area contributed by atoms with Crippen LogP contribution in [0.2, 0.25) is 0 Å². The van der Waals surface area contributed by atoms with Crippen LogP contribution in [-0.2, 0) is 9.59 Å². The van der Waals surface area contributed by atoms with E-state index in [0.717, 1.165) is 48.4 Å². The van der Waals surface area contributed by atoms with E-state index in [0.29, 0.717) is 32.5 Å². The molecule has 1 unspecified atom stereocenters. The van der Waals surface area contributed by atoms with E-state index in [1.54, 1.807) is 0 Å². The van der Waals surface area contributed by atoms with Crippen molar-refractivity contribution in [1.29, 1.82) is 0 Å². The molecule has 1 spiro atoms. The molecular formula is C26H34N6O3. The van der Waals surface area contributed by atoms with Gasteiger partial charge in [0.15, 0.2) is 6.17 Å². The summed E-state index contributed by atoms with van der Waals surface area (Å²) in [5.74, 6) is 2.22. The number of carbonyl (C=O) groups is 3. The summed E-state index contributed by atoms with van der Waals surface area (Å²) < 4.78 is 0. The maximum absolute atomic E-state index is 13.7. The molecule has 0 aromatic heterocycles. The van der Waals surface area contributed by atoms with E-state index in [-0.39, 0.29) is 17.4 Å². The molecule has 9 nitrogen and oxygen atoms in total. The van der Waals surface area contributed by atoms with E-state index < -0.39 is 17.7 Å². The Bertz CT molecular complexity index is 1030. The van der Waals surface area contributed by atoms with E-state index in [2.05, 4.69) is 37.1 Å². The summed E-state index contributed by atoms with van der Waals surface area (Å²) in [5, 5.41) is 12.3. The number of piperidine rings is 1. The van der Waals surface area contributed by atoms with E-state index in [1.807, 2.05) is 18.4 Å². The van der Waals surface area contributed by atoms with E-state index in [1.165, 1.54) is 19.3 Å². The smallest absolute Gasteiger partial charge is 0.322 e. The van der Waals surface area contributed by atoms with E-state index in [4.69, 9.17) is 0 Å². The molecule has 1 atom stereocenters. The standard InChI is InChI=1S/C26H34N6O3/c33-22(29-25-12-16-9-17(13-25)11-18(10-16)14-25)21-27-19(20-3-1-2-6-32(20)21)15-31-7-4-26(5-8-31)23(34)28-24(35)30-26/h1-3,6,16-18,21,27H,4-5,7-15H2,(H,29,33)(H2,28,30,34,35). The molecule has 4 bridgehead atoms. The van der Waals surface area contributed by atoms with Gasteiger partial charge in [0.2, 0.25) is 0 Å². The minimum absolute atomic E-state index is 0.0146. The van der Waals surface area contributed by atoms with Crippen molar-refractivity contribution in [2.75, 3.05) is 19.6 Å². The van der Waals surface area contributed by atoms with Gasteiger partial charge in [-0.2, -0.15) is 0 Å². The lowest BCUT2D eigenvalue weighted by Gasteiger charge is -2.57. The van der Waals surface area contributed by atoms with Crippen molar-refractivity contribution in [1.82, 2.24) is 31.1 Å². The van der Waals surface area contributed by atoms with Gasteiger partial charge in [0, 0.05) is 31.4 Å². The molecule has 8 aliphatic rings. The summed E-state index contributed by atoms with van der Waals surface area (Å²) in [6, 6.07) is -0.395. The molecule has 4 amide bonds. The highest BCUT2D eigenvalue weighted by Crippen LogP contribution is 2.55. The molecule has 2 saturated heterocycles. The second-order valence-electron chi connectivity index (χ2n) is 12.0. The van der Waals surface area contributed by atoms with Gasteiger partial charge in [-0.1, -0.05) is 6.08 Å². The predicted molar refractivity (Wildman–Crippen MR) is 128 cm³/mol. The van der Waals surface area contributed by atoms with E-state index >= 15 is 0 Å². The van der Waals surface area contributed by atoms with Crippen molar-refractivity contribution in [3.8, 4) is 0 Å². The first-order valence-electron chi connectivity index (χ1n) is 13.2. The van der Waals surface area contributed by atoms with Gasteiger partial charge >= 0.3 is 6.03 Å². The Morgan fingerprint density at radius 3 is 2.34 bits per heavy atom. The highest BCUT2D eigenvalue weighted by molar-refractivity contribution is 6.07. The zero-order valence-corrected chi connectivity index (χ0v) is 20.0. The molecule has 4 saturated carbocycles. The Hall–Kier alpha value is -2.81. The number of urea groups is 1. The first-order valence-corrected chi connectivity index (χ1v) is 13.2. The van der Waals surface area contributed by atoms with Crippen molar-refractivity contribution in [2.45, 2.75) is 68.6 Å². The van der Waals surface area contributed by atoms with Crippen LogP contribution >= 0.6 is 0 Å². The third-order valence-corrected chi connectivity index (χ3v) is 9.57. The number of carbonyl (C=O) groups excluding carboxylic acids is 3. The second-order valence-corrected chi connectivity index (χ2v) is 12.0. The number of rotatable bonds is 4. The first kappa shape index (κ1) is 21.5. The summed E-state index contributed by atoms with van der Waals surface area (Å²) in [6.07, 6.45) is 16.3. The molecule has 0 aromatic rings. The van der Waals surface area contributed by atoms with Gasteiger partial charge in [0.05, 0.1) is 11.4 Å². The number of hydrogen-bond acceptors (Lipinski definition) is 6. The molecular weight excluding hydrogens is 444 g/mol. The summed E-state index contributed by atoms with van der Waals surface area (Å²) >= 11 is 0. The fraction of sp³-hybridized carbons (Fsp3) is 0.654. The first-order chi connectivity index (χ1) is 16.9. The normalized spacial score (nSPS) is 38.6. The summed E-state index contributed by atoms with van der Waals surface area (Å²) in [7, 11) is 0. The maximum Gasteiger partial charge on any atom is 0.322 e. The van der Waals surface area contributed by atoms with Gasteiger partial charge in [-0.05, 0) is 81.3 Å². The van der Waals surface area contributed by atoms with Crippen molar-refractivity contribution in [3.63, 3.8) is 0 Å². The molecule has 4 N–H and O–H groups in total. The number of fused-ring (bicyclic) bond motifs is 1. The number of allylic oxidation sites excluding steroid dienone is 3. The Morgan fingerprint density at radius 2 is 1.71 bits per heavy atom. The molecule has 4 aliphatic carbocycles. The Morgan fingerprint density at radius 1 is 1.03 bits per heavy atom. The molecule has 0 aromatic carbocycles. The highest BCUT2D eigenvalue weighted by Gasteiger charge is 2.53. The summed E-state index contributed by atoms with van der Waals surface area (Å²) in [6.45, 7) is 2.09. The molecule has 8 rings (SSSR count). The average Bonchev–Trinajstić information content (AvgIpc) is 3.31. The monoisotopic (exact) mass is 478 g/mol. The molecule has 6 fully saturated rings. The Balaban J connectivity index is 1.03. The fourth-order valence-electron chi connectivity index (χ4n) is 8.35. The van der Waals surface area contributed by atoms with Gasteiger partial charge in [-0.3, -0.25) is 19.8 Å². The quantitative estimate of drug-likeness (QED) is 0.454. The van der Waals surface area contributed by atoms with Crippen molar-refractivity contribution in [3.05, 3.63) is 35.8 Å². The average molecular weight is 479 g/mol. The van der Waals surface area contributed by atoms with E-state index in [9.17, 15) is 14.4 Å². The van der Waals surface area contributed by atoms with Crippen LogP contribution in [-0.4, -0.2) is 64.5 Å². The van der Waals surface area contributed by atoms with Gasteiger partial charge in [-0.15, -0.1) is 0 Å². The molecule has 9 heteroatoms. The van der Waals surface area contributed by atoms with Crippen molar-refractivity contribution in [2.24, 2.45) is 17.8 Å². The fourth-order valence-corrected chi connectivity index (χ4v) is 8.35. The van der Waals surface area contributed by atoms with Crippen LogP contribution in [0.4, 0.5) is 4.79 Å². The van der Waals surface area contributed by atoms with Gasteiger partial charge in [0.25, 0.3) is 11.8 Å². The minimum atomic E-state index is -0.770. The number of imide groups is 1. The van der Waals surface area contributed by atoms with Crippen LogP contribution in [0.3, 0.4) is 0 Å². The molecule has 4 aliphatic heterocycles. The molecule has 4 heterocycles. The van der Waals surface area contributed by atoms with Gasteiger partial charge in [-0.25, -0.2) is 4.79 Å². The van der Waals surface area contributed by atoms with Crippen LogP contribution in [0.25, 0.3) is 0 Å². The number of hydrogen-bond donors (Lipinski definition) is 4. The predicted octanol–water partition coefficient (Wildman–Crippen LogP) is 1.27. The zero-order valence-electron chi connectivity index (χ0n) is 20.0. The zero-order chi connectivity index (χ0) is 23.8. The second kappa shape index (κ2) is 7.59. The third-order valence-electron chi connectivity index (χ3n) is 9.57. The third kappa shape index (κ3) is 3.50. The van der Waals surface area contributed by atoms with Crippen LogP contribution in [0.15, 0.2) is 35.8 Å². The molecule has 186 valence electrons. The van der Waals surface area contributed by atoms with Crippen LogP contribution in [0.5, 0.6) is 0 Å². The van der Waals surface area contributed by atoms with Crippen LogP contribution in [0.1, 0.15) is 51.4 Å². The largest absolute Gasteiger partial charge is 0.358 e. The van der Waals surface area contributed by atoms with Gasteiger partial charge in [0.1, 0.15) is 5.54 Å².